The Morgan fingerprint density at radius 3 is 2.37 bits per heavy atom. The summed E-state index contributed by atoms with van der Waals surface area (Å²) in [7, 11) is 1.40. The Bertz CT molecular complexity index is 641. The van der Waals surface area contributed by atoms with Gasteiger partial charge in [-0.2, -0.15) is 0 Å². The first-order chi connectivity index (χ1) is 12.9. The van der Waals surface area contributed by atoms with E-state index in [1.807, 2.05) is 30.3 Å². The monoisotopic (exact) mass is 376 g/mol. The molecule has 0 bridgehead atoms. The molecule has 1 aliphatic heterocycles. The van der Waals surface area contributed by atoms with E-state index in [1.54, 1.807) is 9.80 Å². The molecule has 0 aromatic heterocycles. The second-order valence-corrected chi connectivity index (χ2v) is 6.89. The summed E-state index contributed by atoms with van der Waals surface area (Å²) in [5.74, 6) is -1.29. The molecular weight excluding hydrogens is 348 g/mol. The van der Waals surface area contributed by atoms with Gasteiger partial charge in [0.1, 0.15) is 0 Å². The molecule has 1 atom stereocenters. The summed E-state index contributed by atoms with van der Waals surface area (Å²) in [4.78, 5) is 39.0. The highest BCUT2D eigenvalue weighted by Gasteiger charge is 2.33. The van der Waals surface area contributed by atoms with Crippen LogP contribution in [0, 0.1) is 5.92 Å². The van der Waals surface area contributed by atoms with Gasteiger partial charge in [-0.25, -0.2) is 4.79 Å². The van der Waals surface area contributed by atoms with E-state index in [1.165, 1.54) is 14.0 Å². The van der Waals surface area contributed by atoms with E-state index in [2.05, 4.69) is 0 Å². The number of carbonyl (C=O) groups excluding carboxylic acids is 2. The van der Waals surface area contributed by atoms with Crippen LogP contribution in [-0.2, 0) is 25.5 Å². The number of carboxylic acids is 1. The molecule has 148 valence electrons. The molecule has 0 radical (unpaired) electrons. The quantitative estimate of drug-likeness (QED) is 0.741. The molecule has 1 saturated heterocycles. The number of hydrogen-bond donors (Lipinski definition) is 1. The summed E-state index contributed by atoms with van der Waals surface area (Å²) >= 11 is 0. The van der Waals surface area contributed by atoms with Gasteiger partial charge in [0.25, 0.3) is 0 Å². The molecule has 7 nitrogen and oxygen atoms in total. The van der Waals surface area contributed by atoms with Gasteiger partial charge in [0.05, 0.1) is 6.54 Å². The molecule has 1 heterocycles. The highest BCUT2D eigenvalue weighted by atomic mass is 16.5. The second kappa shape index (κ2) is 10.1. The molecule has 2 amide bonds. The van der Waals surface area contributed by atoms with Gasteiger partial charge in [-0.3, -0.25) is 9.59 Å². The third kappa shape index (κ3) is 6.06. The second-order valence-electron chi connectivity index (χ2n) is 6.89. The van der Waals surface area contributed by atoms with Gasteiger partial charge < -0.3 is 19.6 Å². The van der Waals surface area contributed by atoms with Crippen LogP contribution in [0.2, 0.25) is 0 Å². The Kier molecular flexibility index (Phi) is 7.79. The summed E-state index contributed by atoms with van der Waals surface area (Å²) in [6.45, 7) is 2.99. The predicted molar refractivity (Wildman–Crippen MR) is 100 cm³/mol. The molecule has 2 rings (SSSR count). The molecule has 0 aliphatic carbocycles. The molecule has 27 heavy (non-hydrogen) atoms. The minimum Gasteiger partial charge on any atom is -0.479 e. The van der Waals surface area contributed by atoms with E-state index in [-0.39, 0.29) is 24.3 Å². The molecule has 0 saturated carbocycles. The van der Waals surface area contributed by atoms with Crippen molar-refractivity contribution in [3.05, 3.63) is 35.9 Å². The number of hydrogen-bond acceptors (Lipinski definition) is 4. The van der Waals surface area contributed by atoms with Gasteiger partial charge in [-0.05, 0) is 30.7 Å². The topological polar surface area (TPSA) is 87.2 Å². The zero-order valence-electron chi connectivity index (χ0n) is 16.0. The third-order valence-corrected chi connectivity index (χ3v) is 5.10. The van der Waals surface area contributed by atoms with Crippen molar-refractivity contribution in [3.8, 4) is 0 Å². The number of piperidine rings is 1. The predicted octanol–water partition coefficient (Wildman–Crippen LogP) is 1.42. The van der Waals surface area contributed by atoms with Crippen molar-refractivity contribution in [1.82, 2.24) is 9.80 Å². The van der Waals surface area contributed by atoms with Gasteiger partial charge >= 0.3 is 5.97 Å². The fraction of sp³-hybridized carbons (Fsp3) is 0.550. The number of aliphatic carboxylic acids is 1. The molecule has 1 unspecified atom stereocenters. The van der Waals surface area contributed by atoms with Crippen LogP contribution in [0.1, 0.15) is 25.3 Å². The van der Waals surface area contributed by atoms with Gasteiger partial charge in [0.15, 0.2) is 6.10 Å². The molecule has 7 heteroatoms. The number of carbonyl (C=O) groups is 3. The first-order valence-corrected chi connectivity index (χ1v) is 9.25. The van der Waals surface area contributed by atoms with Crippen molar-refractivity contribution in [1.29, 1.82) is 0 Å². The Balaban J connectivity index is 1.85. The van der Waals surface area contributed by atoms with Crippen LogP contribution in [0.25, 0.3) is 0 Å². The number of nitrogens with zero attached hydrogens (tertiary/aromatic N) is 2. The molecule has 0 spiro atoms. The summed E-state index contributed by atoms with van der Waals surface area (Å²) in [6.07, 6.45) is 1.03. The lowest BCUT2D eigenvalue weighted by molar-refractivity contribution is -0.153. The lowest BCUT2D eigenvalue weighted by atomic mass is 9.91. The van der Waals surface area contributed by atoms with Crippen LogP contribution in [0.5, 0.6) is 0 Å². The molecular formula is C20H28N2O5. The van der Waals surface area contributed by atoms with Gasteiger partial charge in [0.2, 0.25) is 11.8 Å². The number of amides is 2. The van der Waals surface area contributed by atoms with E-state index in [4.69, 9.17) is 4.74 Å². The van der Waals surface area contributed by atoms with Crippen LogP contribution in [0.3, 0.4) is 0 Å². The lowest BCUT2D eigenvalue weighted by Gasteiger charge is -2.35. The zero-order chi connectivity index (χ0) is 19.8. The Hall–Kier alpha value is -2.41. The van der Waals surface area contributed by atoms with Crippen molar-refractivity contribution in [2.24, 2.45) is 5.92 Å². The summed E-state index contributed by atoms with van der Waals surface area (Å²) in [5, 5.41) is 9.18. The van der Waals surface area contributed by atoms with Crippen molar-refractivity contribution < 1.29 is 24.2 Å². The minimum atomic E-state index is -0.967. The molecule has 1 aliphatic rings. The van der Waals surface area contributed by atoms with Gasteiger partial charge in [-0.1, -0.05) is 30.3 Å². The van der Waals surface area contributed by atoms with E-state index in [9.17, 15) is 19.5 Å². The fourth-order valence-corrected chi connectivity index (χ4v) is 3.47. The highest BCUT2D eigenvalue weighted by molar-refractivity contribution is 5.84. The van der Waals surface area contributed by atoms with Crippen molar-refractivity contribution in [2.45, 2.75) is 32.3 Å². The number of rotatable bonds is 8. The Morgan fingerprint density at radius 2 is 1.85 bits per heavy atom. The van der Waals surface area contributed by atoms with Crippen LogP contribution in [0.4, 0.5) is 0 Å². The average Bonchev–Trinajstić information content (AvgIpc) is 2.66. The average molecular weight is 376 g/mol. The number of ether oxygens (including phenoxy) is 1. The molecule has 1 N–H and O–H groups in total. The van der Waals surface area contributed by atoms with Crippen LogP contribution < -0.4 is 0 Å². The van der Waals surface area contributed by atoms with E-state index in [0.29, 0.717) is 38.9 Å². The maximum absolute atomic E-state index is 12.6. The van der Waals surface area contributed by atoms with Crippen LogP contribution >= 0.6 is 0 Å². The van der Waals surface area contributed by atoms with Crippen LogP contribution in [0.15, 0.2) is 30.3 Å². The first-order valence-electron chi connectivity index (χ1n) is 9.25. The summed E-state index contributed by atoms with van der Waals surface area (Å²) in [6, 6.07) is 9.84. The van der Waals surface area contributed by atoms with Crippen molar-refractivity contribution in [3.63, 3.8) is 0 Å². The smallest absolute Gasteiger partial charge is 0.333 e. The zero-order valence-corrected chi connectivity index (χ0v) is 16.0. The highest BCUT2D eigenvalue weighted by Crippen LogP contribution is 2.23. The normalized spacial score (nSPS) is 16.0. The third-order valence-electron chi connectivity index (χ3n) is 5.10. The minimum absolute atomic E-state index is 0.0550. The van der Waals surface area contributed by atoms with E-state index >= 15 is 0 Å². The Morgan fingerprint density at radius 1 is 1.22 bits per heavy atom. The van der Waals surface area contributed by atoms with E-state index in [0.717, 1.165) is 5.56 Å². The summed E-state index contributed by atoms with van der Waals surface area (Å²) in [5.41, 5.74) is 1.12. The largest absolute Gasteiger partial charge is 0.479 e. The maximum Gasteiger partial charge on any atom is 0.333 e. The van der Waals surface area contributed by atoms with Gasteiger partial charge in [0, 0.05) is 33.7 Å². The standard InChI is InChI=1S/C20H28N2O5/c1-15(23)22(11-8-16-6-4-3-5-7-16)14-18(24)21-12-9-17(10-13-21)19(27-2)20(25)26/h3-7,17,19H,8-14H2,1-2H3,(H,25,26). The number of carboxylic acid groups (broad SMARTS) is 1. The molecule has 1 aromatic rings. The first kappa shape index (κ1) is 20.9. The SMILES string of the molecule is COC(C(=O)O)C1CCN(C(=O)CN(CCc2ccccc2)C(C)=O)CC1. The lowest BCUT2D eigenvalue weighted by Crippen LogP contribution is -2.48. The molecule has 1 aromatic carbocycles. The maximum atomic E-state index is 12.6. The number of likely N-dealkylation sites (tertiary alicyclic amines) is 1. The molecule has 1 fully saturated rings. The fourth-order valence-electron chi connectivity index (χ4n) is 3.47. The summed E-state index contributed by atoms with van der Waals surface area (Å²) < 4.78 is 5.06. The van der Waals surface area contributed by atoms with Crippen LogP contribution in [-0.4, -0.2) is 72.1 Å². The number of benzene rings is 1. The van der Waals surface area contributed by atoms with Crippen molar-refractivity contribution >= 4 is 17.8 Å². The Labute approximate surface area is 159 Å². The number of methoxy groups -OCH3 is 1. The van der Waals surface area contributed by atoms with Gasteiger partial charge in [-0.15, -0.1) is 0 Å². The van der Waals surface area contributed by atoms with Crippen molar-refractivity contribution in [2.75, 3.05) is 33.3 Å². The van der Waals surface area contributed by atoms with E-state index < -0.39 is 12.1 Å².